The lowest BCUT2D eigenvalue weighted by Gasteiger charge is -2.03. The van der Waals surface area contributed by atoms with Gasteiger partial charge in [-0.3, -0.25) is 4.98 Å². The molecular formula is C11H13N. The molecular weight excluding hydrogens is 146 g/mol. The third kappa shape index (κ3) is 0.893. The fraction of sp³-hybridized carbons (Fsp3) is 0.364. The number of hydrogen-bond acceptors (Lipinski definition) is 1. The van der Waals surface area contributed by atoms with Crippen LogP contribution in [-0.2, 0) is 6.42 Å². The van der Waals surface area contributed by atoms with Crippen LogP contribution in [0.15, 0.2) is 18.0 Å². The van der Waals surface area contributed by atoms with Gasteiger partial charge in [-0.2, -0.15) is 0 Å². The summed E-state index contributed by atoms with van der Waals surface area (Å²) in [4.78, 5) is 4.20. The predicted molar refractivity (Wildman–Crippen MR) is 50.9 cm³/mol. The lowest BCUT2D eigenvalue weighted by molar-refractivity contribution is 1.13. The highest BCUT2D eigenvalue weighted by molar-refractivity contribution is 5.76. The first-order valence-corrected chi connectivity index (χ1v) is 4.30. The summed E-state index contributed by atoms with van der Waals surface area (Å²) in [5.74, 6) is 0. The van der Waals surface area contributed by atoms with Gasteiger partial charge in [0.2, 0.25) is 0 Å². The molecule has 1 heteroatoms. The second-order valence-corrected chi connectivity index (χ2v) is 3.57. The van der Waals surface area contributed by atoms with Gasteiger partial charge in [-0.15, -0.1) is 0 Å². The fourth-order valence-electron chi connectivity index (χ4n) is 1.92. The van der Waals surface area contributed by atoms with Crippen molar-refractivity contribution in [3.63, 3.8) is 0 Å². The second kappa shape index (κ2) is 2.44. The van der Waals surface area contributed by atoms with Crippen LogP contribution >= 0.6 is 0 Å². The van der Waals surface area contributed by atoms with Crippen LogP contribution in [0.1, 0.15) is 30.5 Å². The average Bonchev–Trinajstić information content (AvgIpc) is 2.29. The van der Waals surface area contributed by atoms with E-state index in [0.29, 0.717) is 0 Å². The topological polar surface area (TPSA) is 12.9 Å². The highest BCUT2D eigenvalue weighted by atomic mass is 14.6. The van der Waals surface area contributed by atoms with Crippen LogP contribution in [0.2, 0.25) is 0 Å². The Bertz CT molecular complexity index is 361. The number of aromatic nitrogens is 1. The Labute approximate surface area is 73.1 Å². The Morgan fingerprint density at radius 3 is 2.58 bits per heavy atom. The zero-order valence-electron chi connectivity index (χ0n) is 7.81. The summed E-state index contributed by atoms with van der Waals surface area (Å²) in [5.41, 5.74) is 7.07. The van der Waals surface area contributed by atoms with Gasteiger partial charge in [0.1, 0.15) is 0 Å². The maximum Gasteiger partial charge on any atom is 0.0309 e. The summed E-state index contributed by atoms with van der Waals surface area (Å²) >= 11 is 0. The number of rotatable bonds is 0. The predicted octanol–water partition coefficient (Wildman–Crippen LogP) is 2.74. The Balaban J connectivity index is 2.67. The fourth-order valence-corrected chi connectivity index (χ4v) is 1.92. The molecule has 1 aliphatic rings. The molecule has 0 aliphatic heterocycles. The molecule has 0 unspecified atom stereocenters. The van der Waals surface area contributed by atoms with E-state index < -0.39 is 0 Å². The summed E-state index contributed by atoms with van der Waals surface area (Å²) < 4.78 is 0. The molecule has 2 rings (SSSR count). The van der Waals surface area contributed by atoms with Crippen molar-refractivity contribution in [2.24, 2.45) is 0 Å². The minimum absolute atomic E-state index is 1.09. The Morgan fingerprint density at radius 2 is 1.92 bits per heavy atom. The van der Waals surface area contributed by atoms with Gasteiger partial charge >= 0.3 is 0 Å². The van der Waals surface area contributed by atoms with Gasteiger partial charge in [-0.05, 0) is 49.5 Å². The highest BCUT2D eigenvalue weighted by Gasteiger charge is 2.16. The van der Waals surface area contributed by atoms with Crippen molar-refractivity contribution in [3.05, 3.63) is 34.7 Å². The molecule has 1 heterocycles. The highest BCUT2D eigenvalue weighted by Crippen LogP contribution is 2.33. The number of pyridine rings is 1. The van der Waals surface area contributed by atoms with E-state index in [1.807, 2.05) is 12.4 Å². The lowest BCUT2D eigenvalue weighted by Crippen LogP contribution is -1.89. The first-order chi connectivity index (χ1) is 5.70. The molecule has 62 valence electrons. The van der Waals surface area contributed by atoms with Crippen molar-refractivity contribution >= 4 is 5.57 Å². The van der Waals surface area contributed by atoms with Crippen LogP contribution in [0.5, 0.6) is 0 Å². The van der Waals surface area contributed by atoms with Gasteiger partial charge in [0.25, 0.3) is 0 Å². The summed E-state index contributed by atoms with van der Waals surface area (Å²) in [6, 6.07) is 0. The van der Waals surface area contributed by atoms with E-state index in [2.05, 4.69) is 25.8 Å². The van der Waals surface area contributed by atoms with E-state index in [-0.39, 0.29) is 0 Å². The van der Waals surface area contributed by atoms with Crippen molar-refractivity contribution < 1.29 is 0 Å². The first-order valence-electron chi connectivity index (χ1n) is 4.30. The van der Waals surface area contributed by atoms with Crippen LogP contribution < -0.4 is 0 Å². The Hall–Kier alpha value is -1.11. The van der Waals surface area contributed by atoms with Gasteiger partial charge in [0, 0.05) is 12.4 Å². The molecule has 0 saturated heterocycles. The molecule has 0 aromatic carbocycles. The normalized spacial score (nSPS) is 15.2. The molecule has 0 fully saturated rings. The molecule has 1 aromatic rings. The summed E-state index contributed by atoms with van der Waals surface area (Å²) in [6.45, 7) is 6.54. The molecule has 0 N–H and O–H groups in total. The molecule has 12 heavy (non-hydrogen) atoms. The van der Waals surface area contributed by atoms with Crippen LogP contribution in [0, 0.1) is 6.92 Å². The number of aryl methyl sites for hydroxylation is 1. The maximum atomic E-state index is 4.20. The number of nitrogens with zero attached hydrogens (tertiary/aromatic N) is 1. The van der Waals surface area contributed by atoms with E-state index in [9.17, 15) is 0 Å². The van der Waals surface area contributed by atoms with Crippen molar-refractivity contribution in [1.29, 1.82) is 0 Å². The van der Waals surface area contributed by atoms with E-state index >= 15 is 0 Å². The van der Waals surface area contributed by atoms with Crippen LogP contribution in [0.25, 0.3) is 5.57 Å². The van der Waals surface area contributed by atoms with Gasteiger partial charge in [0.15, 0.2) is 0 Å². The zero-order valence-corrected chi connectivity index (χ0v) is 7.81. The smallest absolute Gasteiger partial charge is 0.0309 e. The van der Waals surface area contributed by atoms with Crippen molar-refractivity contribution in [2.45, 2.75) is 27.2 Å². The monoisotopic (exact) mass is 159 g/mol. The summed E-state index contributed by atoms with van der Waals surface area (Å²) in [7, 11) is 0. The summed E-state index contributed by atoms with van der Waals surface area (Å²) in [6.07, 6.45) is 5.03. The van der Waals surface area contributed by atoms with Gasteiger partial charge < -0.3 is 0 Å². The molecule has 0 radical (unpaired) electrons. The van der Waals surface area contributed by atoms with E-state index in [4.69, 9.17) is 0 Å². The Morgan fingerprint density at radius 1 is 1.17 bits per heavy atom. The van der Waals surface area contributed by atoms with Gasteiger partial charge in [-0.1, -0.05) is 5.57 Å². The second-order valence-electron chi connectivity index (χ2n) is 3.57. The largest absolute Gasteiger partial charge is 0.264 e. The third-order valence-electron chi connectivity index (χ3n) is 2.68. The molecule has 1 aliphatic carbocycles. The van der Waals surface area contributed by atoms with Gasteiger partial charge in [0.05, 0.1) is 0 Å². The minimum Gasteiger partial charge on any atom is -0.264 e. The molecule has 0 bridgehead atoms. The summed E-state index contributed by atoms with van der Waals surface area (Å²) in [5, 5.41) is 0. The van der Waals surface area contributed by atoms with Crippen LogP contribution in [-0.4, -0.2) is 4.98 Å². The SMILES string of the molecule is CC1=C(C)c2c(C)cncc2C1. The molecule has 0 amide bonds. The van der Waals surface area contributed by atoms with E-state index in [1.165, 1.54) is 27.8 Å². The van der Waals surface area contributed by atoms with E-state index in [1.54, 1.807) is 0 Å². The third-order valence-corrected chi connectivity index (χ3v) is 2.68. The van der Waals surface area contributed by atoms with Crippen LogP contribution in [0.3, 0.4) is 0 Å². The lowest BCUT2D eigenvalue weighted by atomic mass is 10.0. The van der Waals surface area contributed by atoms with E-state index in [0.717, 1.165) is 6.42 Å². The number of hydrogen-bond donors (Lipinski definition) is 0. The van der Waals surface area contributed by atoms with Crippen molar-refractivity contribution in [2.75, 3.05) is 0 Å². The molecule has 1 aromatic heterocycles. The quantitative estimate of drug-likeness (QED) is 0.567. The molecule has 0 atom stereocenters. The molecule has 0 spiro atoms. The standard InChI is InChI=1S/C11H13N/c1-7-4-10-6-12-5-8(2)11(10)9(7)3/h5-6H,4H2,1-3H3. The average molecular weight is 159 g/mol. The Kier molecular flexibility index (Phi) is 1.53. The zero-order chi connectivity index (χ0) is 8.72. The molecule has 0 saturated carbocycles. The first kappa shape index (κ1) is 7.53. The number of fused-ring (bicyclic) bond motifs is 1. The van der Waals surface area contributed by atoms with Crippen LogP contribution in [0.4, 0.5) is 0 Å². The maximum absolute atomic E-state index is 4.20. The minimum atomic E-state index is 1.09. The van der Waals surface area contributed by atoms with Gasteiger partial charge in [-0.25, -0.2) is 0 Å². The van der Waals surface area contributed by atoms with Crippen molar-refractivity contribution in [1.82, 2.24) is 4.98 Å². The van der Waals surface area contributed by atoms with Crippen molar-refractivity contribution in [3.8, 4) is 0 Å². The molecule has 1 nitrogen and oxygen atoms in total. The number of allylic oxidation sites excluding steroid dienone is 2.